The third kappa shape index (κ3) is 3.32. The molecule has 0 aliphatic rings. The van der Waals surface area contributed by atoms with Gasteiger partial charge in [0.15, 0.2) is 0 Å². The standard InChI is InChI=1S/C14H11NO5S/c1-20-9-6-7-12(10(8-9)14(16)17)21-13-5-3-2-4-11(13)15(18)19/h2-8H,1H3,(H,16,17). The maximum absolute atomic E-state index is 11.3. The van der Waals surface area contributed by atoms with Gasteiger partial charge in [0.05, 0.1) is 22.5 Å². The first-order valence-corrected chi connectivity index (χ1v) is 6.67. The zero-order valence-corrected chi connectivity index (χ0v) is 11.8. The molecule has 0 saturated carbocycles. The van der Waals surface area contributed by atoms with Crippen molar-refractivity contribution in [3.05, 3.63) is 58.1 Å². The van der Waals surface area contributed by atoms with Crippen LogP contribution in [0.25, 0.3) is 0 Å². The Hall–Kier alpha value is -2.54. The smallest absolute Gasteiger partial charge is 0.336 e. The second-order valence-electron chi connectivity index (χ2n) is 3.99. The van der Waals surface area contributed by atoms with Gasteiger partial charge in [0.25, 0.3) is 5.69 Å². The van der Waals surface area contributed by atoms with Crippen LogP contribution in [0.3, 0.4) is 0 Å². The maximum Gasteiger partial charge on any atom is 0.336 e. The molecule has 6 nitrogen and oxygen atoms in total. The number of carboxylic acids is 1. The third-order valence-electron chi connectivity index (χ3n) is 2.70. The van der Waals surface area contributed by atoms with Crippen molar-refractivity contribution < 1.29 is 19.6 Å². The van der Waals surface area contributed by atoms with Crippen molar-refractivity contribution in [2.75, 3.05) is 7.11 Å². The van der Waals surface area contributed by atoms with E-state index >= 15 is 0 Å². The van der Waals surface area contributed by atoms with E-state index in [-0.39, 0.29) is 11.3 Å². The summed E-state index contributed by atoms with van der Waals surface area (Å²) in [5, 5.41) is 20.2. The van der Waals surface area contributed by atoms with Crippen molar-refractivity contribution in [1.82, 2.24) is 0 Å². The molecule has 0 aliphatic heterocycles. The van der Waals surface area contributed by atoms with E-state index in [1.807, 2.05) is 0 Å². The number of carboxylic acid groups (broad SMARTS) is 1. The first-order chi connectivity index (χ1) is 10.0. The molecule has 0 fully saturated rings. The Kier molecular flexibility index (Phi) is 4.44. The number of hydrogen-bond acceptors (Lipinski definition) is 5. The summed E-state index contributed by atoms with van der Waals surface area (Å²) < 4.78 is 4.99. The summed E-state index contributed by atoms with van der Waals surface area (Å²) in [6.45, 7) is 0. The molecule has 0 atom stereocenters. The lowest BCUT2D eigenvalue weighted by Gasteiger charge is -2.08. The topological polar surface area (TPSA) is 89.7 Å². The fourth-order valence-corrected chi connectivity index (χ4v) is 2.73. The van der Waals surface area contributed by atoms with Crippen LogP contribution in [0.4, 0.5) is 5.69 Å². The van der Waals surface area contributed by atoms with E-state index in [4.69, 9.17) is 4.74 Å². The molecule has 0 radical (unpaired) electrons. The van der Waals surface area contributed by atoms with Crippen molar-refractivity contribution >= 4 is 23.4 Å². The van der Waals surface area contributed by atoms with Crippen LogP contribution in [0.2, 0.25) is 0 Å². The van der Waals surface area contributed by atoms with Gasteiger partial charge in [0.1, 0.15) is 5.75 Å². The van der Waals surface area contributed by atoms with Crippen LogP contribution in [-0.2, 0) is 0 Å². The number of nitro benzene ring substituents is 1. The van der Waals surface area contributed by atoms with Crippen molar-refractivity contribution in [3.63, 3.8) is 0 Å². The van der Waals surface area contributed by atoms with Crippen LogP contribution in [0.1, 0.15) is 10.4 Å². The van der Waals surface area contributed by atoms with Crippen molar-refractivity contribution in [2.24, 2.45) is 0 Å². The molecule has 0 aromatic heterocycles. The quantitative estimate of drug-likeness (QED) is 0.672. The number of carbonyl (C=O) groups is 1. The highest BCUT2D eigenvalue weighted by Crippen LogP contribution is 2.37. The number of aromatic carboxylic acids is 1. The molecule has 2 rings (SSSR count). The summed E-state index contributed by atoms with van der Waals surface area (Å²) in [4.78, 5) is 22.6. The second kappa shape index (κ2) is 6.27. The Bertz CT molecular complexity index is 702. The lowest BCUT2D eigenvalue weighted by atomic mass is 10.2. The van der Waals surface area contributed by atoms with Gasteiger partial charge in [-0.15, -0.1) is 0 Å². The molecule has 0 spiro atoms. The molecule has 21 heavy (non-hydrogen) atoms. The highest BCUT2D eigenvalue weighted by atomic mass is 32.2. The zero-order chi connectivity index (χ0) is 15.4. The van der Waals surface area contributed by atoms with Crippen LogP contribution >= 0.6 is 11.8 Å². The molecule has 2 aromatic carbocycles. The number of ether oxygens (including phenoxy) is 1. The van der Waals surface area contributed by atoms with Gasteiger partial charge < -0.3 is 9.84 Å². The molecule has 0 heterocycles. The van der Waals surface area contributed by atoms with Crippen molar-refractivity contribution in [3.8, 4) is 5.75 Å². The average molecular weight is 305 g/mol. The van der Waals surface area contributed by atoms with E-state index in [1.165, 1.54) is 19.2 Å². The lowest BCUT2D eigenvalue weighted by molar-refractivity contribution is -0.387. The van der Waals surface area contributed by atoms with E-state index in [0.717, 1.165) is 11.8 Å². The first-order valence-electron chi connectivity index (χ1n) is 5.85. The minimum absolute atomic E-state index is 0.0394. The fourth-order valence-electron chi connectivity index (χ4n) is 1.70. The van der Waals surface area contributed by atoms with Gasteiger partial charge in [0.2, 0.25) is 0 Å². The van der Waals surface area contributed by atoms with Gasteiger partial charge in [-0.05, 0) is 24.3 Å². The monoisotopic (exact) mass is 305 g/mol. The summed E-state index contributed by atoms with van der Waals surface area (Å²) in [6.07, 6.45) is 0. The number of nitrogens with zero attached hydrogens (tertiary/aromatic N) is 1. The Morgan fingerprint density at radius 2 is 1.95 bits per heavy atom. The van der Waals surface area contributed by atoms with E-state index in [9.17, 15) is 20.0 Å². The van der Waals surface area contributed by atoms with Crippen LogP contribution < -0.4 is 4.74 Å². The van der Waals surface area contributed by atoms with Gasteiger partial charge in [-0.2, -0.15) is 0 Å². The van der Waals surface area contributed by atoms with E-state index in [1.54, 1.807) is 30.3 Å². The highest BCUT2D eigenvalue weighted by molar-refractivity contribution is 7.99. The average Bonchev–Trinajstić information content (AvgIpc) is 2.47. The molecule has 0 aliphatic carbocycles. The molecule has 0 unspecified atom stereocenters. The van der Waals surface area contributed by atoms with Crippen molar-refractivity contribution in [2.45, 2.75) is 9.79 Å². The van der Waals surface area contributed by atoms with Crippen molar-refractivity contribution in [1.29, 1.82) is 0 Å². The van der Waals surface area contributed by atoms with Gasteiger partial charge in [-0.25, -0.2) is 4.79 Å². The summed E-state index contributed by atoms with van der Waals surface area (Å²) >= 11 is 1.04. The highest BCUT2D eigenvalue weighted by Gasteiger charge is 2.18. The van der Waals surface area contributed by atoms with Crippen LogP contribution in [0, 0.1) is 10.1 Å². The Morgan fingerprint density at radius 1 is 1.24 bits per heavy atom. The number of hydrogen-bond donors (Lipinski definition) is 1. The maximum atomic E-state index is 11.3. The summed E-state index contributed by atoms with van der Waals surface area (Å²) in [6, 6.07) is 10.8. The molecule has 108 valence electrons. The molecule has 2 aromatic rings. The number of nitro groups is 1. The SMILES string of the molecule is COc1ccc(Sc2ccccc2[N+](=O)[O-])c(C(=O)O)c1. The molecule has 0 amide bonds. The zero-order valence-electron chi connectivity index (χ0n) is 11.0. The normalized spacial score (nSPS) is 10.1. The molecule has 0 bridgehead atoms. The number of para-hydroxylation sites is 1. The first kappa shape index (κ1) is 14.9. The number of methoxy groups -OCH3 is 1. The predicted octanol–water partition coefficient (Wildman–Crippen LogP) is 3.45. The van der Waals surface area contributed by atoms with Gasteiger partial charge in [-0.1, -0.05) is 23.9 Å². The minimum atomic E-state index is -1.12. The molecule has 1 N–H and O–H groups in total. The molecular formula is C14H11NO5S. The van der Waals surface area contributed by atoms with Crippen LogP contribution in [-0.4, -0.2) is 23.1 Å². The Labute approximate surface area is 124 Å². The third-order valence-corrected chi connectivity index (χ3v) is 3.84. The lowest BCUT2D eigenvalue weighted by Crippen LogP contribution is -2.00. The van der Waals surface area contributed by atoms with Gasteiger partial charge >= 0.3 is 5.97 Å². The Morgan fingerprint density at radius 3 is 2.57 bits per heavy atom. The molecular weight excluding hydrogens is 294 g/mol. The fraction of sp³-hybridized carbons (Fsp3) is 0.0714. The molecule has 0 saturated heterocycles. The van der Waals surface area contributed by atoms with E-state index in [2.05, 4.69) is 0 Å². The summed E-state index contributed by atoms with van der Waals surface area (Å²) in [5.74, 6) is -0.700. The van der Waals surface area contributed by atoms with E-state index in [0.29, 0.717) is 15.5 Å². The largest absolute Gasteiger partial charge is 0.497 e. The van der Waals surface area contributed by atoms with E-state index < -0.39 is 10.9 Å². The summed E-state index contributed by atoms with van der Waals surface area (Å²) in [5.41, 5.74) is -0.0212. The number of benzene rings is 2. The predicted molar refractivity (Wildman–Crippen MR) is 77.2 cm³/mol. The minimum Gasteiger partial charge on any atom is -0.497 e. The summed E-state index contributed by atoms with van der Waals surface area (Å²) in [7, 11) is 1.44. The number of rotatable bonds is 5. The van der Waals surface area contributed by atoms with Gasteiger partial charge in [0, 0.05) is 11.0 Å². The molecule has 7 heteroatoms. The van der Waals surface area contributed by atoms with Gasteiger partial charge in [-0.3, -0.25) is 10.1 Å². The van der Waals surface area contributed by atoms with Crippen LogP contribution in [0.5, 0.6) is 5.75 Å². The second-order valence-corrected chi connectivity index (χ2v) is 5.08. The van der Waals surface area contributed by atoms with Crippen LogP contribution in [0.15, 0.2) is 52.3 Å². The Balaban J connectivity index is 2.45.